The fraction of sp³-hybridized carbons (Fsp3) is 0.714. The first-order valence-corrected chi connectivity index (χ1v) is 9.41. The van der Waals surface area contributed by atoms with Gasteiger partial charge in [0.25, 0.3) is 0 Å². The van der Waals surface area contributed by atoms with E-state index in [1.165, 1.54) is 0 Å². The maximum atomic E-state index is 12.6. The molecule has 3 saturated carbocycles. The van der Waals surface area contributed by atoms with Crippen LogP contribution in [0, 0.1) is 34.5 Å². The van der Waals surface area contributed by atoms with Crippen molar-refractivity contribution in [3.8, 4) is 0 Å². The van der Waals surface area contributed by atoms with Crippen LogP contribution in [0.3, 0.4) is 0 Å². The van der Waals surface area contributed by atoms with Crippen LogP contribution in [0.4, 0.5) is 0 Å². The largest absolute Gasteiger partial charge is 0.352 e. The summed E-state index contributed by atoms with van der Waals surface area (Å²) in [5.74, 6) is 2.26. The van der Waals surface area contributed by atoms with E-state index in [2.05, 4.69) is 33.4 Å². The number of Topliss-reactive ketones (excluding diaryl/α,β-unsaturated/α-hetero) is 1. The van der Waals surface area contributed by atoms with Crippen LogP contribution in [0.2, 0.25) is 0 Å². The molecule has 0 radical (unpaired) electrons. The fourth-order valence-electron chi connectivity index (χ4n) is 7.21. The van der Waals surface area contributed by atoms with Crippen LogP contribution in [0.1, 0.15) is 46.5 Å². The highest BCUT2D eigenvalue weighted by Crippen LogP contribution is 2.72. The Labute approximate surface area is 143 Å². The molecule has 8 atom stereocenters. The van der Waals surface area contributed by atoms with E-state index in [9.17, 15) is 9.59 Å². The Morgan fingerprint density at radius 3 is 2.71 bits per heavy atom. The Hall–Kier alpha value is -1.22. The number of carbonyl (C=O) groups is 2. The molecule has 128 valence electrons. The van der Waals surface area contributed by atoms with Gasteiger partial charge in [0.2, 0.25) is 0 Å². The lowest BCUT2D eigenvalue weighted by Crippen LogP contribution is -2.60. The monoisotopic (exact) mass is 326 g/mol. The smallest absolute Gasteiger partial charge is 0.187 e. The molecule has 0 aromatic rings. The van der Waals surface area contributed by atoms with Crippen molar-refractivity contribution < 1.29 is 14.3 Å². The number of ether oxygens (including phenoxy) is 1. The number of fused-ring (bicyclic) bond motifs is 4. The van der Waals surface area contributed by atoms with E-state index in [0.717, 1.165) is 31.3 Å². The van der Waals surface area contributed by atoms with E-state index in [1.807, 2.05) is 0 Å². The molecule has 1 spiro atoms. The summed E-state index contributed by atoms with van der Waals surface area (Å²) < 4.78 is 6.10. The Morgan fingerprint density at radius 2 is 1.96 bits per heavy atom. The average Bonchev–Trinajstić information content (AvgIpc) is 3.26. The molecule has 0 bridgehead atoms. The van der Waals surface area contributed by atoms with Crippen LogP contribution in [0.5, 0.6) is 0 Å². The Morgan fingerprint density at radius 1 is 1.21 bits per heavy atom. The van der Waals surface area contributed by atoms with Crippen LogP contribution in [0.25, 0.3) is 0 Å². The molecule has 3 heteroatoms. The number of epoxide rings is 1. The highest BCUT2D eigenvalue weighted by atomic mass is 16.6. The van der Waals surface area contributed by atoms with Crippen LogP contribution < -0.4 is 0 Å². The fourth-order valence-corrected chi connectivity index (χ4v) is 7.21. The van der Waals surface area contributed by atoms with E-state index in [-0.39, 0.29) is 22.7 Å². The molecule has 4 aliphatic carbocycles. The second kappa shape index (κ2) is 4.12. The van der Waals surface area contributed by atoms with Gasteiger partial charge in [-0.25, -0.2) is 0 Å². The van der Waals surface area contributed by atoms with E-state index >= 15 is 0 Å². The number of ketones is 2. The number of rotatable bonds is 0. The number of carbonyl (C=O) groups excluding carboxylic acids is 2. The Kier molecular flexibility index (Phi) is 2.59. The third-order valence-electron chi connectivity index (χ3n) is 8.68. The Balaban J connectivity index is 1.65. The standard InChI is InChI=1S/C21H26O3/c1-11-12(2)21-18(24-21)15(22)8-10-20(21,4)14-7-9-19(3)13(17(11)14)5-6-16(19)23/h8,10-11,13-14,17-18H,2,5-7,9H2,1,3-4H3/t11?,13-,14+,17-,18?,19-,20+,21?/m0/s1. The second-order valence-electron chi connectivity index (χ2n) is 9.27. The summed E-state index contributed by atoms with van der Waals surface area (Å²) in [6.07, 6.45) is 7.32. The lowest BCUT2D eigenvalue weighted by Gasteiger charge is -2.60. The van der Waals surface area contributed by atoms with Crippen molar-refractivity contribution in [2.45, 2.75) is 58.2 Å². The normalized spacial score (nSPS) is 58.0. The van der Waals surface area contributed by atoms with Crippen LogP contribution in [-0.4, -0.2) is 23.3 Å². The van der Waals surface area contributed by atoms with Gasteiger partial charge in [-0.1, -0.05) is 33.4 Å². The maximum Gasteiger partial charge on any atom is 0.187 e. The van der Waals surface area contributed by atoms with Crippen molar-refractivity contribution in [3.05, 3.63) is 24.3 Å². The zero-order chi connectivity index (χ0) is 17.1. The predicted molar refractivity (Wildman–Crippen MR) is 90.2 cm³/mol. The molecule has 0 amide bonds. The first-order valence-electron chi connectivity index (χ1n) is 9.41. The lowest BCUT2D eigenvalue weighted by atomic mass is 9.43. The molecular weight excluding hydrogens is 300 g/mol. The minimum atomic E-state index is -0.476. The third kappa shape index (κ3) is 1.34. The summed E-state index contributed by atoms with van der Waals surface area (Å²) >= 11 is 0. The van der Waals surface area contributed by atoms with E-state index in [0.29, 0.717) is 29.5 Å². The van der Waals surface area contributed by atoms with Crippen LogP contribution >= 0.6 is 0 Å². The molecule has 0 N–H and O–H groups in total. The van der Waals surface area contributed by atoms with Gasteiger partial charge in [0, 0.05) is 17.3 Å². The first kappa shape index (κ1) is 15.1. The zero-order valence-electron chi connectivity index (χ0n) is 14.8. The molecular formula is C21H26O3. The molecule has 1 saturated heterocycles. The minimum Gasteiger partial charge on any atom is -0.352 e. The zero-order valence-corrected chi connectivity index (χ0v) is 14.8. The summed E-state index contributed by atoms with van der Waals surface area (Å²) in [7, 11) is 0. The van der Waals surface area contributed by atoms with Crippen molar-refractivity contribution in [2.75, 3.05) is 0 Å². The lowest BCUT2D eigenvalue weighted by molar-refractivity contribution is -0.135. The molecule has 5 rings (SSSR count). The van der Waals surface area contributed by atoms with Gasteiger partial charge in [-0.15, -0.1) is 0 Å². The van der Waals surface area contributed by atoms with Gasteiger partial charge in [-0.05, 0) is 54.6 Å². The topological polar surface area (TPSA) is 46.7 Å². The van der Waals surface area contributed by atoms with Crippen molar-refractivity contribution in [1.82, 2.24) is 0 Å². The van der Waals surface area contributed by atoms with Crippen molar-refractivity contribution >= 4 is 11.6 Å². The van der Waals surface area contributed by atoms with Crippen molar-refractivity contribution in [1.29, 1.82) is 0 Å². The van der Waals surface area contributed by atoms with Crippen molar-refractivity contribution in [3.63, 3.8) is 0 Å². The molecule has 24 heavy (non-hydrogen) atoms. The van der Waals surface area contributed by atoms with Crippen molar-refractivity contribution in [2.24, 2.45) is 34.5 Å². The van der Waals surface area contributed by atoms with Gasteiger partial charge in [-0.2, -0.15) is 0 Å². The van der Waals surface area contributed by atoms with Crippen LogP contribution in [-0.2, 0) is 14.3 Å². The SMILES string of the molecule is C=C1C(C)[C@@H]2[C@@H](CC[C@]3(C)C(=O)CC[C@@H]23)[C@@]2(C)C=CC(=O)C3OC132. The molecule has 3 unspecified atom stereocenters. The molecule has 0 aromatic carbocycles. The number of hydrogen-bond acceptors (Lipinski definition) is 3. The summed E-state index contributed by atoms with van der Waals surface area (Å²) in [5, 5.41) is 0. The Bertz CT molecular complexity index is 721. The van der Waals surface area contributed by atoms with E-state index in [4.69, 9.17) is 4.74 Å². The molecule has 0 aromatic heterocycles. The molecule has 3 nitrogen and oxygen atoms in total. The van der Waals surface area contributed by atoms with Gasteiger partial charge in [0.05, 0.1) is 0 Å². The van der Waals surface area contributed by atoms with E-state index in [1.54, 1.807) is 6.08 Å². The van der Waals surface area contributed by atoms with Crippen LogP contribution in [0.15, 0.2) is 24.3 Å². The van der Waals surface area contributed by atoms with E-state index < -0.39 is 5.60 Å². The highest BCUT2D eigenvalue weighted by Gasteiger charge is 2.78. The molecule has 4 fully saturated rings. The predicted octanol–water partition coefficient (Wildman–Crippen LogP) is 3.49. The summed E-state index contributed by atoms with van der Waals surface area (Å²) in [5.41, 5.74) is 0.314. The average molecular weight is 326 g/mol. The van der Waals surface area contributed by atoms with Gasteiger partial charge in [-0.3, -0.25) is 9.59 Å². The molecule has 1 aliphatic heterocycles. The highest BCUT2D eigenvalue weighted by molar-refractivity contribution is 5.99. The van der Waals surface area contributed by atoms with Gasteiger partial charge in [0.15, 0.2) is 11.9 Å². The molecule has 1 heterocycles. The third-order valence-corrected chi connectivity index (χ3v) is 8.68. The maximum absolute atomic E-state index is 12.6. The summed E-state index contributed by atoms with van der Waals surface area (Å²) in [6.45, 7) is 11.1. The summed E-state index contributed by atoms with van der Waals surface area (Å²) in [4.78, 5) is 24.8. The minimum absolute atomic E-state index is 0.0935. The first-order chi connectivity index (χ1) is 11.3. The molecule has 5 aliphatic rings. The van der Waals surface area contributed by atoms with Gasteiger partial charge >= 0.3 is 0 Å². The quantitative estimate of drug-likeness (QED) is 0.506. The second-order valence-corrected chi connectivity index (χ2v) is 9.27. The van der Waals surface area contributed by atoms with Gasteiger partial charge in [0.1, 0.15) is 11.4 Å². The number of hydrogen-bond donors (Lipinski definition) is 0. The summed E-state index contributed by atoms with van der Waals surface area (Å²) in [6, 6.07) is 0. The van der Waals surface area contributed by atoms with Gasteiger partial charge < -0.3 is 4.74 Å².